The summed E-state index contributed by atoms with van der Waals surface area (Å²) in [4.78, 5) is 23.2. The Hall–Kier alpha value is -1.06. The Kier molecular flexibility index (Phi) is 9.33. The van der Waals surface area contributed by atoms with E-state index in [9.17, 15) is 9.59 Å². The predicted octanol–water partition coefficient (Wildman–Crippen LogP) is 2.95. The zero-order valence-electron chi connectivity index (χ0n) is 12.0. The van der Waals surface area contributed by atoms with Crippen LogP contribution in [-0.2, 0) is 19.1 Å². The zero-order chi connectivity index (χ0) is 14.0. The van der Waals surface area contributed by atoms with Crippen molar-refractivity contribution in [1.29, 1.82) is 0 Å². The van der Waals surface area contributed by atoms with Gasteiger partial charge in [-0.05, 0) is 26.2 Å². The van der Waals surface area contributed by atoms with E-state index in [-0.39, 0.29) is 24.3 Å². The van der Waals surface area contributed by atoms with Crippen molar-refractivity contribution in [2.75, 3.05) is 13.2 Å². The molecule has 0 rings (SSSR count). The molecule has 0 saturated carbocycles. The predicted molar refractivity (Wildman–Crippen MR) is 70.1 cm³/mol. The molecule has 0 amide bonds. The molecule has 106 valence electrons. The maximum atomic E-state index is 11.7. The van der Waals surface area contributed by atoms with E-state index < -0.39 is 0 Å². The number of carbonyl (C=O) groups excluding carboxylic acids is 2. The molecule has 1 atom stereocenters. The summed E-state index contributed by atoms with van der Waals surface area (Å²) < 4.78 is 9.88. The molecule has 0 heterocycles. The topological polar surface area (TPSA) is 52.6 Å². The van der Waals surface area contributed by atoms with E-state index in [0.717, 1.165) is 12.8 Å². The van der Waals surface area contributed by atoms with Gasteiger partial charge in [0.25, 0.3) is 0 Å². The second kappa shape index (κ2) is 9.92. The third-order valence-electron chi connectivity index (χ3n) is 2.67. The standard InChI is InChI=1S/C14H26O4/c1-5-17-13(15)10-12(14(16)18-6-2)9-7-8-11(3)4/h11-12H,5-10H2,1-4H3. The summed E-state index contributed by atoms with van der Waals surface area (Å²) in [6, 6.07) is 0. The molecule has 0 fully saturated rings. The van der Waals surface area contributed by atoms with Crippen LogP contribution in [0.15, 0.2) is 0 Å². The lowest BCUT2D eigenvalue weighted by Gasteiger charge is -2.15. The van der Waals surface area contributed by atoms with Gasteiger partial charge in [-0.25, -0.2) is 0 Å². The van der Waals surface area contributed by atoms with E-state index in [1.54, 1.807) is 13.8 Å². The van der Waals surface area contributed by atoms with E-state index in [0.29, 0.717) is 25.6 Å². The summed E-state index contributed by atoms with van der Waals surface area (Å²) in [6.07, 6.45) is 2.81. The fourth-order valence-electron chi connectivity index (χ4n) is 1.76. The summed E-state index contributed by atoms with van der Waals surface area (Å²) >= 11 is 0. The van der Waals surface area contributed by atoms with Gasteiger partial charge in [0.2, 0.25) is 0 Å². The van der Waals surface area contributed by atoms with Crippen LogP contribution in [0.5, 0.6) is 0 Å². The summed E-state index contributed by atoms with van der Waals surface area (Å²) in [5, 5.41) is 0. The van der Waals surface area contributed by atoms with Crippen molar-refractivity contribution >= 4 is 11.9 Å². The van der Waals surface area contributed by atoms with Crippen LogP contribution in [0.3, 0.4) is 0 Å². The van der Waals surface area contributed by atoms with Gasteiger partial charge >= 0.3 is 11.9 Å². The fourth-order valence-corrected chi connectivity index (χ4v) is 1.76. The van der Waals surface area contributed by atoms with Crippen LogP contribution in [0, 0.1) is 11.8 Å². The monoisotopic (exact) mass is 258 g/mol. The quantitative estimate of drug-likeness (QED) is 0.597. The van der Waals surface area contributed by atoms with E-state index in [1.165, 1.54) is 0 Å². The molecule has 0 aromatic heterocycles. The maximum Gasteiger partial charge on any atom is 0.309 e. The molecule has 0 aliphatic heterocycles. The molecule has 0 spiro atoms. The third kappa shape index (κ3) is 8.09. The Morgan fingerprint density at radius 2 is 1.61 bits per heavy atom. The summed E-state index contributed by atoms with van der Waals surface area (Å²) in [5.74, 6) is -0.354. The Bertz CT molecular complexity index is 248. The molecule has 0 saturated heterocycles. The second-order valence-electron chi connectivity index (χ2n) is 4.78. The van der Waals surface area contributed by atoms with E-state index >= 15 is 0 Å². The molecular formula is C14H26O4. The van der Waals surface area contributed by atoms with Crippen molar-refractivity contribution in [3.05, 3.63) is 0 Å². The van der Waals surface area contributed by atoms with Crippen molar-refractivity contribution in [3.8, 4) is 0 Å². The van der Waals surface area contributed by atoms with Crippen LogP contribution in [0.25, 0.3) is 0 Å². The first-order valence-electron chi connectivity index (χ1n) is 6.83. The first-order chi connectivity index (χ1) is 8.51. The molecule has 0 aromatic rings. The molecule has 1 unspecified atom stereocenters. The van der Waals surface area contributed by atoms with E-state index in [4.69, 9.17) is 9.47 Å². The number of esters is 2. The van der Waals surface area contributed by atoms with E-state index in [2.05, 4.69) is 13.8 Å². The molecule has 0 bridgehead atoms. The van der Waals surface area contributed by atoms with Gasteiger partial charge in [0, 0.05) is 0 Å². The fraction of sp³-hybridized carbons (Fsp3) is 0.857. The van der Waals surface area contributed by atoms with Gasteiger partial charge in [-0.2, -0.15) is 0 Å². The first kappa shape index (κ1) is 16.9. The highest BCUT2D eigenvalue weighted by atomic mass is 16.5. The summed E-state index contributed by atoms with van der Waals surface area (Å²) in [6.45, 7) is 8.52. The Morgan fingerprint density at radius 3 is 2.11 bits per heavy atom. The lowest BCUT2D eigenvalue weighted by atomic mass is 9.96. The van der Waals surface area contributed by atoms with Crippen molar-refractivity contribution < 1.29 is 19.1 Å². The van der Waals surface area contributed by atoms with Gasteiger partial charge in [0.05, 0.1) is 25.6 Å². The smallest absolute Gasteiger partial charge is 0.309 e. The number of ether oxygens (including phenoxy) is 2. The van der Waals surface area contributed by atoms with Gasteiger partial charge in [0.15, 0.2) is 0 Å². The van der Waals surface area contributed by atoms with Gasteiger partial charge in [-0.1, -0.05) is 26.7 Å². The lowest BCUT2D eigenvalue weighted by molar-refractivity contribution is -0.155. The van der Waals surface area contributed by atoms with Crippen molar-refractivity contribution in [2.24, 2.45) is 11.8 Å². The number of carbonyl (C=O) groups is 2. The maximum absolute atomic E-state index is 11.7. The van der Waals surface area contributed by atoms with Crippen LogP contribution in [-0.4, -0.2) is 25.2 Å². The minimum Gasteiger partial charge on any atom is -0.466 e. The largest absolute Gasteiger partial charge is 0.466 e. The average Bonchev–Trinajstić information content (AvgIpc) is 2.28. The SMILES string of the molecule is CCOC(=O)CC(CCCC(C)C)C(=O)OCC. The van der Waals surface area contributed by atoms with Gasteiger partial charge in [0.1, 0.15) is 0 Å². The zero-order valence-corrected chi connectivity index (χ0v) is 12.0. The molecule has 4 nitrogen and oxygen atoms in total. The Balaban J connectivity index is 4.24. The van der Waals surface area contributed by atoms with Crippen LogP contribution in [0.1, 0.15) is 53.4 Å². The highest BCUT2D eigenvalue weighted by Crippen LogP contribution is 2.18. The molecule has 0 radical (unpaired) electrons. The number of rotatable bonds is 9. The van der Waals surface area contributed by atoms with Crippen LogP contribution in [0.2, 0.25) is 0 Å². The second-order valence-corrected chi connectivity index (χ2v) is 4.78. The van der Waals surface area contributed by atoms with E-state index in [1.807, 2.05) is 0 Å². The van der Waals surface area contributed by atoms with Gasteiger partial charge < -0.3 is 9.47 Å². The van der Waals surface area contributed by atoms with Crippen molar-refractivity contribution in [2.45, 2.75) is 53.4 Å². The molecule has 0 aromatic carbocycles. The lowest BCUT2D eigenvalue weighted by Crippen LogP contribution is -2.22. The molecule has 0 aliphatic rings. The number of hydrogen-bond donors (Lipinski definition) is 0. The third-order valence-corrected chi connectivity index (χ3v) is 2.67. The minimum atomic E-state index is -0.359. The summed E-state index contributed by atoms with van der Waals surface area (Å²) in [5.41, 5.74) is 0. The van der Waals surface area contributed by atoms with Gasteiger partial charge in [-0.3, -0.25) is 9.59 Å². The Morgan fingerprint density at radius 1 is 1.00 bits per heavy atom. The van der Waals surface area contributed by atoms with Crippen LogP contribution >= 0.6 is 0 Å². The molecular weight excluding hydrogens is 232 g/mol. The highest BCUT2D eigenvalue weighted by Gasteiger charge is 2.23. The Labute approximate surface area is 110 Å². The molecule has 0 N–H and O–H groups in total. The van der Waals surface area contributed by atoms with Crippen LogP contribution < -0.4 is 0 Å². The molecule has 18 heavy (non-hydrogen) atoms. The minimum absolute atomic E-state index is 0.130. The normalized spacial score (nSPS) is 12.3. The summed E-state index contributed by atoms with van der Waals surface area (Å²) in [7, 11) is 0. The molecule has 0 aliphatic carbocycles. The highest BCUT2D eigenvalue weighted by molar-refractivity contribution is 5.79. The van der Waals surface area contributed by atoms with Gasteiger partial charge in [-0.15, -0.1) is 0 Å². The van der Waals surface area contributed by atoms with Crippen molar-refractivity contribution in [1.82, 2.24) is 0 Å². The average molecular weight is 258 g/mol. The number of hydrogen-bond acceptors (Lipinski definition) is 4. The molecule has 4 heteroatoms. The first-order valence-corrected chi connectivity index (χ1v) is 6.83. The van der Waals surface area contributed by atoms with Crippen molar-refractivity contribution in [3.63, 3.8) is 0 Å². The van der Waals surface area contributed by atoms with Crippen LogP contribution in [0.4, 0.5) is 0 Å².